The second-order valence-electron chi connectivity index (χ2n) is 8.38. The maximum Gasteiger partial charge on any atom is 0.149 e. The molecule has 0 aliphatic rings. The predicted octanol–water partition coefficient (Wildman–Crippen LogP) is 8.80. The van der Waals surface area contributed by atoms with E-state index in [0.717, 1.165) is 49.7 Å². The number of benzene rings is 5. The average molecular weight is 482 g/mol. The third-order valence-corrected chi connectivity index (χ3v) is 7.07. The van der Waals surface area contributed by atoms with Crippen LogP contribution in [0.5, 0.6) is 0 Å². The van der Waals surface area contributed by atoms with Gasteiger partial charge >= 0.3 is 0 Å². The van der Waals surface area contributed by atoms with Crippen LogP contribution in [0.1, 0.15) is 5.82 Å². The van der Waals surface area contributed by atoms with Crippen molar-refractivity contribution in [2.45, 2.75) is 9.79 Å². The lowest BCUT2D eigenvalue weighted by molar-refractivity contribution is 1.29. The van der Waals surface area contributed by atoms with Crippen LogP contribution in [0.15, 0.2) is 142 Å². The number of nitrogens with zero attached hydrogens (tertiary/aromatic N) is 2. The number of imidazole rings is 1. The van der Waals surface area contributed by atoms with Crippen molar-refractivity contribution in [1.29, 1.82) is 0 Å². The predicted molar refractivity (Wildman–Crippen MR) is 151 cm³/mol. The molecule has 0 spiro atoms. The number of aromatic amines is 1. The number of para-hydroxylation sites is 1. The van der Waals surface area contributed by atoms with Gasteiger partial charge in [-0.05, 0) is 35.4 Å². The van der Waals surface area contributed by atoms with E-state index >= 15 is 0 Å². The molecular weight excluding hydrogens is 458 g/mol. The summed E-state index contributed by atoms with van der Waals surface area (Å²) in [6, 6.07) is 43.7. The Morgan fingerprint density at radius 3 is 1.92 bits per heavy atom. The Morgan fingerprint density at radius 2 is 1.19 bits per heavy atom. The smallest absolute Gasteiger partial charge is 0.149 e. The molecule has 1 heterocycles. The second-order valence-corrected chi connectivity index (χ2v) is 9.49. The van der Waals surface area contributed by atoms with E-state index in [9.17, 15) is 0 Å². The first-order valence-electron chi connectivity index (χ1n) is 11.8. The van der Waals surface area contributed by atoms with Crippen LogP contribution in [0.2, 0.25) is 0 Å². The summed E-state index contributed by atoms with van der Waals surface area (Å²) < 4.78 is 0. The van der Waals surface area contributed by atoms with E-state index in [-0.39, 0.29) is 0 Å². The summed E-state index contributed by atoms with van der Waals surface area (Å²) >= 11 is 1.71. The fourth-order valence-electron chi connectivity index (χ4n) is 4.28. The minimum Gasteiger partial charge on any atom is -0.337 e. The monoisotopic (exact) mass is 481 g/mol. The number of aliphatic imine (C=N–C) groups is 1. The van der Waals surface area contributed by atoms with Gasteiger partial charge in [0, 0.05) is 20.9 Å². The summed E-state index contributed by atoms with van der Waals surface area (Å²) in [5.41, 5.74) is 7.38. The lowest BCUT2D eigenvalue weighted by Crippen LogP contribution is -1.85. The SMILES string of the molecule is C(=Nc1ccccc1Sc1ccccc1)c1nc2c(-c3ccccc3)ccc(-c3ccccc3)c2[nH]1. The van der Waals surface area contributed by atoms with Crippen LogP contribution in [-0.2, 0) is 0 Å². The maximum atomic E-state index is 4.99. The highest BCUT2D eigenvalue weighted by Crippen LogP contribution is 2.36. The summed E-state index contributed by atoms with van der Waals surface area (Å²) in [5, 5.41) is 0. The fraction of sp³-hybridized carbons (Fsp3) is 0. The Labute approximate surface area is 214 Å². The van der Waals surface area contributed by atoms with Crippen molar-refractivity contribution >= 4 is 34.7 Å². The van der Waals surface area contributed by atoms with Crippen molar-refractivity contribution < 1.29 is 0 Å². The van der Waals surface area contributed by atoms with Crippen molar-refractivity contribution in [3.63, 3.8) is 0 Å². The normalized spacial score (nSPS) is 11.3. The van der Waals surface area contributed by atoms with Gasteiger partial charge in [0.2, 0.25) is 0 Å². The van der Waals surface area contributed by atoms with E-state index in [2.05, 4.69) is 96.0 Å². The van der Waals surface area contributed by atoms with E-state index in [1.807, 2.05) is 42.6 Å². The van der Waals surface area contributed by atoms with Gasteiger partial charge in [-0.25, -0.2) is 4.98 Å². The van der Waals surface area contributed by atoms with Crippen molar-refractivity contribution in [3.8, 4) is 22.3 Å². The first kappa shape index (κ1) is 22.1. The van der Waals surface area contributed by atoms with Gasteiger partial charge in [0.05, 0.1) is 22.9 Å². The Kier molecular flexibility index (Phi) is 6.17. The van der Waals surface area contributed by atoms with Crippen LogP contribution in [0.3, 0.4) is 0 Å². The Balaban J connectivity index is 1.42. The molecule has 0 aliphatic carbocycles. The van der Waals surface area contributed by atoms with E-state index in [4.69, 9.17) is 9.98 Å². The number of hydrogen-bond acceptors (Lipinski definition) is 3. The molecule has 5 aromatic carbocycles. The highest BCUT2D eigenvalue weighted by Gasteiger charge is 2.14. The topological polar surface area (TPSA) is 41.0 Å². The molecule has 172 valence electrons. The third-order valence-electron chi connectivity index (χ3n) is 6.00. The first-order valence-corrected chi connectivity index (χ1v) is 12.7. The van der Waals surface area contributed by atoms with Gasteiger partial charge in [-0.15, -0.1) is 0 Å². The first-order chi connectivity index (χ1) is 17.8. The molecule has 1 aromatic heterocycles. The highest BCUT2D eigenvalue weighted by molar-refractivity contribution is 7.99. The molecule has 0 unspecified atom stereocenters. The number of nitrogens with one attached hydrogen (secondary N) is 1. The number of hydrogen-bond donors (Lipinski definition) is 1. The third kappa shape index (κ3) is 4.59. The largest absolute Gasteiger partial charge is 0.337 e. The second kappa shape index (κ2) is 10.1. The van der Waals surface area contributed by atoms with Gasteiger partial charge in [-0.2, -0.15) is 0 Å². The van der Waals surface area contributed by atoms with E-state index in [1.54, 1.807) is 11.8 Å². The van der Waals surface area contributed by atoms with Gasteiger partial charge < -0.3 is 4.98 Å². The number of H-pyrrole nitrogens is 1. The zero-order chi connectivity index (χ0) is 24.2. The standard InChI is InChI=1S/C32H23N3S/c1-4-12-23(13-5-1)26-20-21-27(24-14-6-2-7-15-24)32-31(26)34-30(35-32)22-33-28-18-10-11-19-29(28)36-25-16-8-3-9-17-25/h1-22H,(H,34,35). The zero-order valence-corrected chi connectivity index (χ0v) is 20.3. The number of fused-ring (bicyclic) bond motifs is 1. The van der Waals surface area contributed by atoms with Crippen LogP contribution in [-0.4, -0.2) is 16.2 Å². The molecule has 6 aromatic rings. The lowest BCUT2D eigenvalue weighted by Gasteiger charge is -2.07. The molecule has 1 N–H and O–H groups in total. The molecule has 0 amide bonds. The minimum atomic E-state index is 0.727. The van der Waals surface area contributed by atoms with Crippen LogP contribution in [0.4, 0.5) is 5.69 Å². The summed E-state index contributed by atoms with van der Waals surface area (Å²) in [6.45, 7) is 0. The fourth-order valence-corrected chi connectivity index (χ4v) is 5.20. The van der Waals surface area contributed by atoms with Gasteiger partial charge in [-0.1, -0.05) is 115 Å². The molecule has 0 atom stereocenters. The summed E-state index contributed by atoms with van der Waals surface area (Å²) in [7, 11) is 0. The van der Waals surface area contributed by atoms with Crippen LogP contribution in [0.25, 0.3) is 33.3 Å². The van der Waals surface area contributed by atoms with Gasteiger partial charge in [0.1, 0.15) is 5.82 Å². The molecule has 6 rings (SSSR count). The highest BCUT2D eigenvalue weighted by atomic mass is 32.2. The zero-order valence-electron chi connectivity index (χ0n) is 19.5. The molecule has 0 saturated heterocycles. The summed E-state index contributed by atoms with van der Waals surface area (Å²) in [5.74, 6) is 0.727. The molecular formula is C32H23N3S. The van der Waals surface area contributed by atoms with Gasteiger partial charge in [0.15, 0.2) is 0 Å². The Bertz CT molecular complexity index is 1560. The lowest BCUT2D eigenvalue weighted by atomic mass is 9.98. The Morgan fingerprint density at radius 1 is 0.611 bits per heavy atom. The quantitative estimate of drug-likeness (QED) is 0.241. The van der Waals surface area contributed by atoms with Crippen LogP contribution >= 0.6 is 11.8 Å². The molecule has 0 fully saturated rings. The average Bonchev–Trinajstić information content (AvgIpc) is 3.38. The molecule has 0 aliphatic heterocycles. The van der Waals surface area contributed by atoms with Gasteiger partial charge in [0.25, 0.3) is 0 Å². The van der Waals surface area contributed by atoms with Gasteiger partial charge in [-0.3, -0.25) is 4.99 Å². The minimum absolute atomic E-state index is 0.727. The Hall–Kier alpha value is -4.41. The summed E-state index contributed by atoms with van der Waals surface area (Å²) in [4.78, 5) is 15.7. The van der Waals surface area contributed by atoms with E-state index in [1.165, 1.54) is 4.90 Å². The molecule has 0 radical (unpaired) electrons. The van der Waals surface area contributed by atoms with Crippen molar-refractivity contribution in [3.05, 3.63) is 133 Å². The molecule has 3 nitrogen and oxygen atoms in total. The molecule has 0 bridgehead atoms. The molecule has 0 saturated carbocycles. The maximum absolute atomic E-state index is 4.99. The van der Waals surface area contributed by atoms with Crippen LogP contribution in [0, 0.1) is 0 Å². The van der Waals surface area contributed by atoms with E-state index in [0.29, 0.717) is 0 Å². The summed E-state index contributed by atoms with van der Waals surface area (Å²) in [6.07, 6.45) is 1.83. The van der Waals surface area contributed by atoms with Crippen molar-refractivity contribution in [2.75, 3.05) is 0 Å². The number of aromatic nitrogens is 2. The van der Waals surface area contributed by atoms with Crippen molar-refractivity contribution in [1.82, 2.24) is 9.97 Å². The molecule has 36 heavy (non-hydrogen) atoms. The molecule has 4 heteroatoms. The number of rotatable bonds is 6. The van der Waals surface area contributed by atoms with E-state index < -0.39 is 0 Å². The van der Waals surface area contributed by atoms with Crippen molar-refractivity contribution in [2.24, 2.45) is 4.99 Å². The van der Waals surface area contributed by atoms with Crippen LogP contribution < -0.4 is 0 Å².